The summed E-state index contributed by atoms with van der Waals surface area (Å²) in [4.78, 5) is 22.8. The summed E-state index contributed by atoms with van der Waals surface area (Å²) in [6.07, 6.45) is -0.161. The molecule has 0 unspecified atom stereocenters. The molecule has 2 aromatic rings. The van der Waals surface area contributed by atoms with E-state index >= 15 is 0 Å². The van der Waals surface area contributed by atoms with Crippen molar-refractivity contribution in [1.82, 2.24) is 0 Å². The number of hydrogen-bond donors (Lipinski definition) is 1. The van der Waals surface area contributed by atoms with Crippen LogP contribution in [-0.2, 0) is 27.5 Å². The Morgan fingerprint density at radius 3 is 2.13 bits per heavy atom. The van der Waals surface area contributed by atoms with Gasteiger partial charge in [0.05, 0.1) is 0 Å². The fraction of sp³-hybridized carbons (Fsp3) is 0.222. The minimum atomic E-state index is -0.515. The van der Waals surface area contributed by atoms with Crippen LogP contribution in [0.25, 0.3) is 0 Å². The van der Waals surface area contributed by atoms with Crippen molar-refractivity contribution in [3.8, 4) is 0 Å². The zero-order valence-electron chi connectivity index (χ0n) is 13.0. The summed E-state index contributed by atoms with van der Waals surface area (Å²) in [5.41, 5.74) is 2.40. The molecule has 1 N–H and O–H groups in total. The molecule has 1 amide bonds. The highest BCUT2D eigenvalue weighted by Gasteiger charge is 2.04. The van der Waals surface area contributed by atoms with E-state index in [0.717, 1.165) is 11.1 Å². The molecule has 0 aliphatic heterocycles. The van der Waals surface area contributed by atoms with E-state index in [4.69, 9.17) is 9.47 Å². The average molecular weight is 313 g/mol. The minimum Gasteiger partial charge on any atom is -0.461 e. The topological polar surface area (TPSA) is 64.6 Å². The lowest BCUT2D eigenvalue weighted by Crippen LogP contribution is -2.13. The summed E-state index contributed by atoms with van der Waals surface area (Å²) in [5.74, 6) is -0.239. The highest BCUT2D eigenvalue weighted by Crippen LogP contribution is 2.11. The molecule has 0 aliphatic carbocycles. The van der Waals surface area contributed by atoms with E-state index in [2.05, 4.69) is 5.32 Å². The molecule has 0 heterocycles. The zero-order valence-corrected chi connectivity index (χ0v) is 13.0. The second-order valence-electron chi connectivity index (χ2n) is 4.90. The number of rotatable bonds is 6. The van der Waals surface area contributed by atoms with Gasteiger partial charge in [-0.25, -0.2) is 4.79 Å². The van der Waals surface area contributed by atoms with Crippen LogP contribution in [0, 0.1) is 0 Å². The summed E-state index contributed by atoms with van der Waals surface area (Å²) >= 11 is 0. The molecule has 0 radical (unpaired) electrons. The molecule has 0 aromatic heterocycles. The summed E-state index contributed by atoms with van der Waals surface area (Å²) in [7, 11) is 0. The van der Waals surface area contributed by atoms with E-state index < -0.39 is 6.09 Å². The van der Waals surface area contributed by atoms with E-state index in [1.54, 1.807) is 31.2 Å². The van der Waals surface area contributed by atoms with Crippen LogP contribution in [0.5, 0.6) is 0 Å². The van der Waals surface area contributed by atoms with Gasteiger partial charge in [-0.2, -0.15) is 0 Å². The molecule has 0 saturated carbocycles. The first-order valence-electron chi connectivity index (χ1n) is 7.39. The van der Waals surface area contributed by atoms with Gasteiger partial charge in [0.15, 0.2) is 0 Å². The molecule has 0 aliphatic rings. The largest absolute Gasteiger partial charge is 0.461 e. The number of ether oxygens (including phenoxy) is 2. The molecule has 2 rings (SSSR count). The molecule has 2 aromatic carbocycles. The van der Waals surface area contributed by atoms with Crippen LogP contribution in [0.15, 0.2) is 54.6 Å². The van der Waals surface area contributed by atoms with Gasteiger partial charge in [-0.1, -0.05) is 49.4 Å². The lowest BCUT2D eigenvalue weighted by molar-refractivity contribution is -0.144. The Labute approximate surface area is 135 Å². The zero-order chi connectivity index (χ0) is 16.5. The van der Waals surface area contributed by atoms with Crippen molar-refractivity contribution in [1.29, 1.82) is 0 Å². The van der Waals surface area contributed by atoms with Gasteiger partial charge in [0.1, 0.15) is 13.2 Å². The molecule has 0 bridgehead atoms. The second-order valence-corrected chi connectivity index (χ2v) is 4.90. The van der Waals surface area contributed by atoms with Gasteiger partial charge in [-0.3, -0.25) is 10.1 Å². The van der Waals surface area contributed by atoms with E-state index in [1.165, 1.54) is 0 Å². The summed E-state index contributed by atoms with van der Waals surface area (Å²) in [6.45, 7) is 2.19. The van der Waals surface area contributed by atoms with Gasteiger partial charge in [-0.05, 0) is 23.3 Å². The average Bonchev–Trinajstić information content (AvgIpc) is 2.60. The molecule has 0 saturated heterocycles. The summed E-state index contributed by atoms with van der Waals surface area (Å²) < 4.78 is 10.2. The van der Waals surface area contributed by atoms with Crippen LogP contribution in [-0.4, -0.2) is 12.1 Å². The number of hydrogen-bond acceptors (Lipinski definition) is 4. The van der Waals surface area contributed by atoms with Crippen molar-refractivity contribution < 1.29 is 19.1 Å². The Morgan fingerprint density at radius 1 is 0.870 bits per heavy atom. The predicted octanol–water partition coefficient (Wildman–Crippen LogP) is 3.89. The minimum absolute atomic E-state index is 0.220. The van der Waals surface area contributed by atoms with Crippen molar-refractivity contribution in [3.63, 3.8) is 0 Å². The van der Waals surface area contributed by atoms with Gasteiger partial charge in [0.25, 0.3) is 0 Å². The van der Waals surface area contributed by atoms with Gasteiger partial charge in [0, 0.05) is 12.1 Å². The second kappa shape index (κ2) is 8.58. The Kier molecular flexibility index (Phi) is 6.17. The van der Waals surface area contributed by atoms with Crippen molar-refractivity contribution in [2.75, 3.05) is 5.32 Å². The number of anilines is 1. The Morgan fingerprint density at radius 2 is 1.48 bits per heavy atom. The quantitative estimate of drug-likeness (QED) is 0.822. The Balaban J connectivity index is 1.78. The summed E-state index contributed by atoms with van der Waals surface area (Å²) in [6, 6.07) is 16.5. The van der Waals surface area contributed by atoms with Gasteiger partial charge < -0.3 is 9.47 Å². The van der Waals surface area contributed by atoms with Crippen molar-refractivity contribution >= 4 is 17.7 Å². The molecular weight excluding hydrogens is 294 g/mol. The Hall–Kier alpha value is -2.82. The third-order valence-corrected chi connectivity index (χ3v) is 3.10. The third kappa shape index (κ3) is 5.82. The van der Waals surface area contributed by atoms with Crippen molar-refractivity contribution in [3.05, 3.63) is 65.7 Å². The standard InChI is InChI=1S/C18H19NO4/c1-2-17(20)22-12-15-8-10-16(11-9-15)19-18(21)23-13-14-6-4-3-5-7-14/h3-11H,2,12-13H2,1H3,(H,19,21). The van der Waals surface area contributed by atoms with Gasteiger partial charge in [0.2, 0.25) is 0 Å². The molecule has 23 heavy (non-hydrogen) atoms. The summed E-state index contributed by atoms with van der Waals surface area (Å²) in [5, 5.41) is 2.65. The fourth-order valence-electron chi connectivity index (χ4n) is 1.83. The molecular formula is C18H19NO4. The van der Waals surface area contributed by atoms with Crippen LogP contribution in [0.1, 0.15) is 24.5 Å². The van der Waals surface area contributed by atoms with Gasteiger partial charge in [-0.15, -0.1) is 0 Å². The van der Waals surface area contributed by atoms with E-state index in [0.29, 0.717) is 12.1 Å². The Bertz CT molecular complexity index is 638. The first kappa shape index (κ1) is 16.5. The van der Waals surface area contributed by atoms with E-state index in [1.807, 2.05) is 30.3 Å². The molecule has 5 heteroatoms. The fourth-order valence-corrected chi connectivity index (χ4v) is 1.83. The normalized spacial score (nSPS) is 9.96. The third-order valence-electron chi connectivity index (χ3n) is 3.10. The van der Waals surface area contributed by atoms with Gasteiger partial charge >= 0.3 is 12.1 Å². The SMILES string of the molecule is CCC(=O)OCc1ccc(NC(=O)OCc2ccccc2)cc1. The maximum atomic E-state index is 11.7. The van der Waals surface area contributed by atoms with Crippen molar-refractivity contribution in [2.45, 2.75) is 26.6 Å². The first-order valence-corrected chi connectivity index (χ1v) is 7.39. The van der Waals surface area contributed by atoms with Crippen LogP contribution in [0.3, 0.4) is 0 Å². The number of benzene rings is 2. The maximum absolute atomic E-state index is 11.7. The smallest absolute Gasteiger partial charge is 0.411 e. The van der Waals surface area contributed by atoms with Crippen LogP contribution in [0.2, 0.25) is 0 Å². The monoisotopic (exact) mass is 313 g/mol. The highest BCUT2D eigenvalue weighted by molar-refractivity contribution is 5.84. The number of nitrogens with one attached hydrogen (secondary N) is 1. The van der Waals surface area contributed by atoms with Crippen molar-refractivity contribution in [2.24, 2.45) is 0 Å². The molecule has 5 nitrogen and oxygen atoms in total. The predicted molar refractivity (Wildman–Crippen MR) is 86.8 cm³/mol. The highest BCUT2D eigenvalue weighted by atomic mass is 16.5. The first-order chi connectivity index (χ1) is 11.2. The lowest BCUT2D eigenvalue weighted by Gasteiger charge is -2.08. The number of carbonyl (C=O) groups excluding carboxylic acids is 2. The number of carbonyl (C=O) groups is 2. The van der Waals surface area contributed by atoms with Crippen LogP contribution in [0.4, 0.5) is 10.5 Å². The molecule has 0 fully saturated rings. The van der Waals surface area contributed by atoms with Crippen LogP contribution < -0.4 is 5.32 Å². The molecule has 0 spiro atoms. The van der Waals surface area contributed by atoms with Crippen LogP contribution >= 0.6 is 0 Å². The van der Waals surface area contributed by atoms with E-state index in [9.17, 15) is 9.59 Å². The molecule has 0 atom stereocenters. The molecule has 120 valence electrons. The van der Waals surface area contributed by atoms with E-state index in [-0.39, 0.29) is 19.2 Å². The lowest BCUT2D eigenvalue weighted by atomic mass is 10.2. The number of amides is 1. The maximum Gasteiger partial charge on any atom is 0.411 e. The number of esters is 1.